The highest BCUT2D eigenvalue weighted by atomic mass is 16.5. The maximum absolute atomic E-state index is 12.2. The van der Waals surface area contributed by atoms with E-state index in [0.717, 1.165) is 11.3 Å². The molecule has 6 heteroatoms. The second-order valence-electron chi connectivity index (χ2n) is 4.48. The molecule has 0 spiro atoms. The summed E-state index contributed by atoms with van der Waals surface area (Å²) in [7, 11) is 1.59. The first-order chi connectivity index (χ1) is 10.2. The van der Waals surface area contributed by atoms with E-state index in [9.17, 15) is 9.59 Å². The molecule has 0 unspecified atom stereocenters. The summed E-state index contributed by atoms with van der Waals surface area (Å²) in [6.07, 6.45) is 0.704. The first-order valence-corrected chi connectivity index (χ1v) is 6.65. The minimum Gasteiger partial charge on any atom is -0.496 e. The Morgan fingerprint density at radius 3 is 2.71 bits per heavy atom. The van der Waals surface area contributed by atoms with Crippen molar-refractivity contribution < 1.29 is 9.53 Å². The summed E-state index contributed by atoms with van der Waals surface area (Å²) in [4.78, 5) is 23.1. The molecule has 1 heterocycles. The number of H-pyrrole nitrogens is 1. The van der Waals surface area contributed by atoms with E-state index in [-0.39, 0.29) is 23.2 Å². The summed E-state index contributed by atoms with van der Waals surface area (Å²) in [5.74, 6) is 0.378. The molecule has 2 rings (SSSR count). The van der Waals surface area contributed by atoms with Crippen LogP contribution in [0.3, 0.4) is 0 Å². The van der Waals surface area contributed by atoms with Gasteiger partial charge in [0.15, 0.2) is 0 Å². The van der Waals surface area contributed by atoms with Crippen LogP contribution in [0.4, 0.5) is 0 Å². The molecular formula is C15H17N3O3. The van der Waals surface area contributed by atoms with Gasteiger partial charge in [-0.2, -0.15) is 5.10 Å². The van der Waals surface area contributed by atoms with Crippen molar-refractivity contribution in [3.05, 3.63) is 58.0 Å². The van der Waals surface area contributed by atoms with Crippen molar-refractivity contribution in [2.75, 3.05) is 7.11 Å². The largest absolute Gasteiger partial charge is 0.496 e. The molecule has 0 aliphatic heterocycles. The van der Waals surface area contributed by atoms with E-state index in [4.69, 9.17) is 4.74 Å². The molecule has 2 aromatic rings. The number of amides is 1. The molecule has 0 saturated carbocycles. The molecule has 1 amide bonds. The zero-order valence-electron chi connectivity index (χ0n) is 11.9. The first kappa shape index (κ1) is 14.8. The van der Waals surface area contributed by atoms with Crippen molar-refractivity contribution in [3.8, 4) is 5.75 Å². The molecule has 0 fully saturated rings. The zero-order valence-corrected chi connectivity index (χ0v) is 11.9. The lowest BCUT2D eigenvalue weighted by Gasteiger charge is -2.19. The number of aromatic nitrogens is 2. The molecule has 0 radical (unpaired) electrons. The number of rotatable bonds is 5. The molecule has 0 saturated heterocycles. The van der Waals surface area contributed by atoms with E-state index >= 15 is 0 Å². The fourth-order valence-electron chi connectivity index (χ4n) is 2.06. The van der Waals surface area contributed by atoms with Crippen LogP contribution in [0.15, 0.2) is 41.2 Å². The van der Waals surface area contributed by atoms with Crippen LogP contribution < -0.4 is 15.6 Å². The summed E-state index contributed by atoms with van der Waals surface area (Å²) in [6.45, 7) is 1.97. The lowest BCUT2D eigenvalue weighted by molar-refractivity contribution is 0.0929. The van der Waals surface area contributed by atoms with Crippen LogP contribution in [0.25, 0.3) is 0 Å². The van der Waals surface area contributed by atoms with E-state index < -0.39 is 0 Å². The summed E-state index contributed by atoms with van der Waals surface area (Å²) in [5.41, 5.74) is 0.728. The molecule has 21 heavy (non-hydrogen) atoms. The quantitative estimate of drug-likeness (QED) is 0.876. The first-order valence-electron chi connectivity index (χ1n) is 6.65. The highest BCUT2D eigenvalue weighted by molar-refractivity contribution is 5.92. The van der Waals surface area contributed by atoms with Gasteiger partial charge in [-0.25, -0.2) is 5.10 Å². The van der Waals surface area contributed by atoms with E-state index in [2.05, 4.69) is 15.5 Å². The minimum absolute atomic E-state index is 0.169. The maximum Gasteiger partial charge on any atom is 0.272 e. The Bertz CT molecular complexity index is 661. The van der Waals surface area contributed by atoms with Crippen molar-refractivity contribution in [3.63, 3.8) is 0 Å². The molecule has 110 valence electrons. The Morgan fingerprint density at radius 1 is 1.33 bits per heavy atom. The van der Waals surface area contributed by atoms with Crippen LogP contribution >= 0.6 is 0 Å². The third kappa shape index (κ3) is 3.47. The number of benzene rings is 1. The molecule has 1 atom stereocenters. The van der Waals surface area contributed by atoms with Crippen molar-refractivity contribution in [2.45, 2.75) is 19.4 Å². The standard InChI is InChI=1S/C15H17N3O3/c1-3-11(10-6-4-5-7-13(10)21-2)16-15(20)12-8-9-14(19)18-17-12/h4-9,11H,3H2,1-2H3,(H,16,20)(H,18,19)/t11-/m0/s1. The van der Waals surface area contributed by atoms with Gasteiger partial charge in [-0.1, -0.05) is 25.1 Å². The van der Waals surface area contributed by atoms with Crippen LogP contribution in [0.1, 0.15) is 35.4 Å². The highest BCUT2D eigenvalue weighted by Gasteiger charge is 2.18. The van der Waals surface area contributed by atoms with Gasteiger partial charge in [0, 0.05) is 11.6 Å². The van der Waals surface area contributed by atoms with Crippen LogP contribution in [-0.2, 0) is 0 Å². The Labute approximate surface area is 122 Å². The number of nitrogens with zero attached hydrogens (tertiary/aromatic N) is 1. The predicted octanol–water partition coefficient (Wildman–Crippen LogP) is 1.66. The van der Waals surface area contributed by atoms with E-state index in [1.165, 1.54) is 12.1 Å². The van der Waals surface area contributed by atoms with Crippen LogP contribution in [0.5, 0.6) is 5.75 Å². The lowest BCUT2D eigenvalue weighted by Crippen LogP contribution is -2.30. The SMILES string of the molecule is CC[C@H](NC(=O)c1ccc(=O)[nH]n1)c1ccccc1OC. The summed E-state index contributed by atoms with van der Waals surface area (Å²) >= 11 is 0. The van der Waals surface area contributed by atoms with Crippen LogP contribution in [0.2, 0.25) is 0 Å². The van der Waals surface area contributed by atoms with Gasteiger partial charge in [-0.05, 0) is 18.6 Å². The number of nitrogens with one attached hydrogen (secondary N) is 2. The van der Waals surface area contributed by atoms with Gasteiger partial charge < -0.3 is 10.1 Å². The molecule has 0 aliphatic rings. The second kappa shape index (κ2) is 6.69. The molecular weight excluding hydrogens is 270 g/mol. The monoisotopic (exact) mass is 287 g/mol. The number of carbonyl (C=O) groups excluding carboxylic acids is 1. The number of hydrogen-bond donors (Lipinski definition) is 2. The maximum atomic E-state index is 12.2. The number of hydrogen-bond acceptors (Lipinski definition) is 4. The summed E-state index contributed by atoms with van der Waals surface area (Å²) in [5, 5.41) is 8.85. The number of carbonyl (C=O) groups is 1. The summed E-state index contributed by atoms with van der Waals surface area (Å²) in [6, 6.07) is 10.00. The van der Waals surface area contributed by atoms with Gasteiger partial charge in [0.1, 0.15) is 11.4 Å². The van der Waals surface area contributed by atoms with Gasteiger partial charge >= 0.3 is 0 Å². The van der Waals surface area contributed by atoms with E-state index in [1.807, 2.05) is 31.2 Å². The van der Waals surface area contributed by atoms with Gasteiger partial charge in [0.2, 0.25) is 0 Å². The molecule has 1 aromatic carbocycles. The van der Waals surface area contributed by atoms with Crippen molar-refractivity contribution in [1.82, 2.24) is 15.5 Å². The van der Waals surface area contributed by atoms with Gasteiger partial charge in [0.05, 0.1) is 13.2 Å². The Hall–Kier alpha value is -2.63. The van der Waals surface area contributed by atoms with Crippen molar-refractivity contribution in [1.29, 1.82) is 0 Å². The Morgan fingerprint density at radius 2 is 2.10 bits per heavy atom. The van der Waals surface area contributed by atoms with Crippen molar-refractivity contribution in [2.24, 2.45) is 0 Å². The smallest absolute Gasteiger partial charge is 0.272 e. The highest BCUT2D eigenvalue weighted by Crippen LogP contribution is 2.26. The predicted molar refractivity (Wildman–Crippen MR) is 78.3 cm³/mol. The second-order valence-corrected chi connectivity index (χ2v) is 4.48. The van der Waals surface area contributed by atoms with Crippen molar-refractivity contribution >= 4 is 5.91 Å². The molecule has 6 nitrogen and oxygen atoms in total. The minimum atomic E-state index is -0.344. The molecule has 2 N–H and O–H groups in total. The summed E-state index contributed by atoms with van der Waals surface area (Å²) < 4.78 is 5.32. The fourth-order valence-corrected chi connectivity index (χ4v) is 2.06. The topological polar surface area (TPSA) is 84.1 Å². The van der Waals surface area contributed by atoms with Gasteiger partial charge in [-0.3, -0.25) is 9.59 Å². The number of ether oxygens (including phenoxy) is 1. The molecule has 1 aromatic heterocycles. The average Bonchev–Trinajstić information content (AvgIpc) is 2.53. The zero-order chi connectivity index (χ0) is 15.2. The van der Waals surface area contributed by atoms with E-state index in [0.29, 0.717) is 6.42 Å². The average molecular weight is 287 g/mol. The van der Waals surface area contributed by atoms with Gasteiger partial charge in [-0.15, -0.1) is 0 Å². The van der Waals surface area contributed by atoms with Gasteiger partial charge in [0.25, 0.3) is 11.5 Å². The Balaban J connectivity index is 2.20. The third-order valence-corrected chi connectivity index (χ3v) is 3.14. The molecule has 0 aliphatic carbocycles. The van der Waals surface area contributed by atoms with Crippen LogP contribution in [0, 0.1) is 0 Å². The fraction of sp³-hybridized carbons (Fsp3) is 0.267. The third-order valence-electron chi connectivity index (χ3n) is 3.14. The Kier molecular flexibility index (Phi) is 4.71. The van der Waals surface area contributed by atoms with Crippen LogP contribution in [-0.4, -0.2) is 23.2 Å². The number of aromatic amines is 1. The number of methoxy groups -OCH3 is 1. The lowest BCUT2D eigenvalue weighted by atomic mass is 10.0. The number of para-hydroxylation sites is 1. The molecule has 0 bridgehead atoms. The van der Waals surface area contributed by atoms with E-state index in [1.54, 1.807) is 7.11 Å². The normalized spacial score (nSPS) is 11.7.